The fraction of sp³-hybridized carbons (Fsp3) is 0.375. The number of nitrogens with zero attached hydrogens (tertiary/aromatic N) is 2. The number of fused-ring (bicyclic) bond motifs is 1. The zero-order chi connectivity index (χ0) is 17.3. The third-order valence-electron chi connectivity index (χ3n) is 3.87. The Morgan fingerprint density at radius 1 is 1.46 bits per heavy atom. The number of halogens is 2. The van der Waals surface area contributed by atoms with Crippen LogP contribution in [0.25, 0.3) is 10.2 Å². The molecule has 3 aromatic heterocycles. The SMILES string of the molecule is Cc1c(C[C@H](N)[C@@H](C)F)sc2c(NCc3nccs3)cc(Cl)nc12. The number of thiazole rings is 1. The zero-order valence-electron chi connectivity index (χ0n) is 13.3. The second kappa shape index (κ2) is 7.31. The van der Waals surface area contributed by atoms with E-state index in [0.717, 1.165) is 31.4 Å². The minimum Gasteiger partial charge on any atom is -0.377 e. The summed E-state index contributed by atoms with van der Waals surface area (Å²) in [6.07, 6.45) is 1.23. The van der Waals surface area contributed by atoms with Crippen molar-refractivity contribution in [3.63, 3.8) is 0 Å². The Labute approximate surface area is 152 Å². The number of thiophene rings is 1. The molecular formula is C16H18ClFN4S2. The van der Waals surface area contributed by atoms with Crippen molar-refractivity contribution in [3.8, 4) is 0 Å². The van der Waals surface area contributed by atoms with Gasteiger partial charge in [-0.15, -0.1) is 22.7 Å². The average Bonchev–Trinajstić information content (AvgIpc) is 3.15. The summed E-state index contributed by atoms with van der Waals surface area (Å²) in [6.45, 7) is 4.10. The van der Waals surface area contributed by atoms with E-state index >= 15 is 0 Å². The van der Waals surface area contributed by atoms with E-state index in [4.69, 9.17) is 17.3 Å². The maximum atomic E-state index is 13.4. The van der Waals surface area contributed by atoms with Gasteiger partial charge in [-0.1, -0.05) is 11.6 Å². The summed E-state index contributed by atoms with van der Waals surface area (Å²) in [5.41, 5.74) is 8.68. The van der Waals surface area contributed by atoms with Crippen molar-refractivity contribution in [3.05, 3.63) is 38.2 Å². The Balaban J connectivity index is 1.94. The average molecular weight is 385 g/mol. The number of aromatic nitrogens is 2. The minimum atomic E-state index is -1.05. The molecule has 3 aromatic rings. The number of nitrogens with two attached hydrogens (primary N) is 1. The lowest BCUT2D eigenvalue weighted by atomic mass is 10.1. The predicted molar refractivity (Wildman–Crippen MR) is 101 cm³/mol. The van der Waals surface area contributed by atoms with Gasteiger partial charge in [0.15, 0.2) is 0 Å². The van der Waals surface area contributed by atoms with Crippen molar-refractivity contribution in [1.29, 1.82) is 0 Å². The van der Waals surface area contributed by atoms with Crippen molar-refractivity contribution in [2.24, 2.45) is 5.73 Å². The van der Waals surface area contributed by atoms with Gasteiger partial charge in [-0.05, 0) is 19.4 Å². The summed E-state index contributed by atoms with van der Waals surface area (Å²) in [5.74, 6) is 0. The van der Waals surface area contributed by atoms with Gasteiger partial charge < -0.3 is 11.1 Å². The van der Waals surface area contributed by atoms with E-state index in [2.05, 4.69) is 15.3 Å². The third-order valence-corrected chi connectivity index (χ3v) is 6.17. The summed E-state index contributed by atoms with van der Waals surface area (Å²) >= 11 is 9.37. The Morgan fingerprint density at radius 2 is 2.25 bits per heavy atom. The summed E-state index contributed by atoms with van der Waals surface area (Å²) in [6, 6.07) is 1.30. The molecule has 3 heterocycles. The van der Waals surface area contributed by atoms with Gasteiger partial charge in [0.2, 0.25) is 0 Å². The van der Waals surface area contributed by atoms with Gasteiger partial charge >= 0.3 is 0 Å². The van der Waals surface area contributed by atoms with Crippen molar-refractivity contribution >= 4 is 50.2 Å². The molecule has 0 amide bonds. The third kappa shape index (κ3) is 3.69. The number of alkyl halides is 1. The topological polar surface area (TPSA) is 63.8 Å². The van der Waals surface area contributed by atoms with Crippen molar-refractivity contribution in [2.45, 2.75) is 39.0 Å². The lowest BCUT2D eigenvalue weighted by molar-refractivity contribution is 0.305. The van der Waals surface area contributed by atoms with Gasteiger partial charge in [0.05, 0.1) is 22.4 Å². The van der Waals surface area contributed by atoms with E-state index < -0.39 is 12.2 Å². The van der Waals surface area contributed by atoms with Crippen LogP contribution >= 0.6 is 34.3 Å². The Morgan fingerprint density at radius 3 is 2.92 bits per heavy atom. The number of hydrogen-bond acceptors (Lipinski definition) is 6. The highest BCUT2D eigenvalue weighted by Gasteiger charge is 2.19. The van der Waals surface area contributed by atoms with Crippen molar-refractivity contribution in [1.82, 2.24) is 9.97 Å². The highest BCUT2D eigenvalue weighted by atomic mass is 35.5. The van der Waals surface area contributed by atoms with Crippen LogP contribution in [-0.2, 0) is 13.0 Å². The van der Waals surface area contributed by atoms with E-state index in [1.165, 1.54) is 6.92 Å². The number of pyridine rings is 1. The van der Waals surface area contributed by atoms with E-state index in [-0.39, 0.29) is 0 Å². The van der Waals surface area contributed by atoms with Crippen LogP contribution in [0.2, 0.25) is 5.15 Å². The minimum absolute atomic E-state index is 0.430. The van der Waals surface area contributed by atoms with Crippen molar-refractivity contribution < 1.29 is 4.39 Å². The van der Waals surface area contributed by atoms with Crippen LogP contribution in [0.4, 0.5) is 10.1 Å². The molecule has 24 heavy (non-hydrogen) atoms. The second-order valence-electron chi connectivity index (χ2n) is 5.65. The molecule has 0 spiro atoms. The molecule has 0 aliphatic rings. The van der Waals surface area contributed by atoms with E-state index in [1.54, 1.807) is 28.9 Å². The van der Waals surface area contributed by atoms with Gasteiger partial charge in [0, 0.05) is 35.0 Å². The summed E-state index contributed by atoms with van der Waals surface area (Å²) < 4.78 is 14.4. The molecule has 0 saturated carbocycles. The lowest BCUT2D eigenvalue weighted by Crippen LogP contribution is -2.31. The zero-order valence-corrected chi connectivity index (χ0v) is 15.7. The molecule has 2 atom stereocenters. The maximum absolute atomic E-state index is 13.4. The number of anilines is 1. The summed E-state index contributed by atoms with van der Waals surface area (Å²) in [4.78, 5) is 9.76. The number of nitrogens with one attached hydrogen (secondary N) is 1. The molecule has 0 aromatic carbocycles. The molecule has 8 heteroatoms. The van der Waals surface area contributed by atoms with Crippen LogP contribution in [0.1, 0.15) is 22.4 Å². The number of rotatable bonds is 6. The van der Waals surface area contributed by atoms with E-state index in [9.17, 15) is 4.39 Å². The summed E-state index contributed by atoms with van der Waals surface area (Å²) in [7, 11) is 0. The molecule has 0 aliphatic heterocycles. The molecule has 0 aliphatic carbocycles. The molecule has 0 bridgehead atoms. The molecule has 0 fully saturated rings. The molecule has 4 nitrogen and oxygen atoms in total. The lowest BCUT2D eigenvalue weighted by Gasteiger charge is -2.11. The molecule has 3 rings (SSSR count). The van der Waals surface area contributed by atoms with Crippen LogP contribution in [0, 0.1) is 6.92 Å². The van der Waals surface area contributed by atoms with Crippen LogP contribution in [0.15, 0.2) is 17.6 Å². The van der Waals surface area contributed by atoms with Crippen LogP contribution < -0.4 is 11.1 Å². The Kier molecular flexibility index (Phi) is 5.34. The summed E-state index contributed by atoms with van der Waals surface area (Å²) in [5, 5.41) is 6.75. The van der Waals surface area contributed by atoms with E-state index in [1.807, 2.05) is 18.4 Å². The maximum Gasteiger partial charge on any atom is 0.131 e. The number of hydrogen-bond donors (Lipinski definition) is 2. The van der Waals surface area contributed by atoms with Crippen LogP contribution in [0.5, 0.6) is 0 Å². The van der Waals surface area contributed by atoms with Crippen molar-refractivity contribution in [2.75, 3.05) is 5.32 Å². The highest BCUT2D eigenvalue weighted by molar-refractivity contribution is 7.19. The second-order valence-corrected chi connectivity index (χ2v) is 8.12. The Bertz CT molecular complexity index is 832. The normalized spacial score (nSPS) is 14.0. The van der Waals surface area contributed by atoms with Crippen LogP contribution in [-0.4, -0.2) is 22.2 Å². The fourth-order valence-corrected chi connectivity index (χ4v) is 4.46. The van der Waals surface area contributed by atoms with Gasteiger partial charge in [0.1, 0.15) is 16.3 Å². The first-order valence-corrected chi connectivity index (χ1v) is 9.63. The van der Waals surface area contributed by atoms with Gasteiger partial charge in [-0.3, -0.25) is 0 Å². The van der Waals surface area contributed by atoms with E-state index in [0.29, 0.717) is 18.1 Å². The smallest absolute Gasteiger partial charge is 0.131 e. The van der Waals surface area contributed by atoms with Crippen LogP contribution in [0.3, 0.4) is 0 Å². The standard InChI is InChI=1S/C16H18ClFN4S2/c1-8-12(5-10(19)9(2)18)24-16-11(6-13(17)22-15(8)16)21-7-14-20-3-4-23-14/h3-4,6,9-10H,5,7,19H2,1-2H3,(H,21,22)/t9-,10+/m1/s1. The molecule has 0 unspecified atom stereocenters. The molecular weight excluding hydrogens is 367 g/mol. The van der Waals surface area contributed by atoms with Gasteiger partial charge in [-0.25, -0.2) is 14.4 Å². The van der Waals surface area contributed by atoms with Gasteiger partial charge in [-0.2, -0.15) is 0 Å². The molecule has 3 N–H and O–H groups in total. The fourth-order valence-electron chi connectivity index (χ4n) is 2.40. The number of aryl methyl sites for hydroxylation is 1. The first-order valence-electron chi connectivity index (χ1n) is 7.56. The monoisotopic (exact) mass is 384 g/mol. The first-order chi connectivity index (χ1) is 11.5. The molecule has 0 radical (unpaired) electrons. The first kappa shape index (κ1) is 17.5. The largest absolute Gasteiger partial charge is 0.377 e. The molecule has 0 saturated heterocycles. The predicted octanol–water partition coefficient (Wildman–Crippen LogP) is 4.55. The molecule has 128 valence electrons. The Hall–Kier alpha value is -1.28. The van der Waals surface area contributed by atoms with Gasteiger partial charge in [0.25, 0.3) is 0 Å². The quantitative estimate of drug-likeness (QED) is 0.612. The highest BCUT2D eigenvalue weighted by Crippen LogP contribution is 2.37.